The Morgan fingerprint density at radius 1 is 1.00 bits per heavy atom. The average molecular weight is 434 g/mol. The third kappa shape index (κ3) is 10.1. The molecule has 1 rings (SSSR count). The van der Waals surface area contributed by atoms with Gasteiger partial charge >= 0.3 is 6.09 Å². The van der Waals surface area contributed by atoms with Crippen LogP contribution in [-0.4, -0.2) is 47.4 Å². The van der Waals surface area contributed by atoms with Gasteiger partial charge in [0.2, 0.25) is 11.7 Å². The maximum atomic E-state index is 12.9. The van der Waals surface area contributed by atoms with Crippen LogP contribution in [-0.2, 0) is 20.8 Å². The second-order valence-electron chi connectivity index (χ2n) is 9.08. The van der Waals surface area contributed by atoms with E-state index in [1.165, 1.54) is 0 Å². The van der Waals surface area contributed by atoms with E-state index in [0.717, 1.165) is 12.0 Å². The Hall–Kier alpha value is -2.90. The third-order valence-corrected chi connectivity index (χ3v) is 4.69. The Labute approximate surface area is 184 Å². The monoisotopic (exact) mass is 433 g/mol. The smallest absolute Gasteiger partial charge is 0.405 e. The van der Waals surface area contributed by atoms with Gasteiger partial charge in [-0.2, -0.15) is 0 Å². The molecule has 3 atom stereocenters. The highest BCUT2D eigenvalue weighted by molar-refractivity contribution is 6.38. The lowest BCUT2D eigenvalue weighted by Crippen LogP contribution is -2.54. The van der Waals surface area contributed by atoms with Gasteiger partial charge in [0.15, 0.2) is 0 Å². The summed E-state index contributed by atoms with van der Waals surface area (Å²) in [7, 11) is 0. The van der Waals surface area contributed by atoms with Crippen molar-refractivity contribution in [1.29, 1.82) is 0 Å². The molecule has 0 spiro atoms. The van der Waals surface area contributed by atoms with Gasteiger partial charge in [0.05, 0.1) is 0 Å². The number of carbonyl (C=O) groups excluding carboxylic acids is 3. The fourth-order valence-corrected chi connectivity index (χ4v) is 3.65. The summed E-state index contributed by atoms with van der Waals surface area (Å²) in [5.74, 6) is -2.11. The third-order valence-electron chi connectivity index (χ3n) is 4.69. The quantitative estimate of drug-likeness (QED) is 0.399. The van der Waals surface area contributed by atoms with Crippen molar-refractivity contribution >= 4 is 23.7 Å². The minimum atomic E-state index is -1.32. The highest BCUT2D eigenvalue weighted by atomic mass is 16.4. The lowest BCUT2D eigenvalue weighted by Gasteiger charge is -2.27. The zero-order chi connectivity index (χ0) is 23.6. The predicted octanol–water partition coefficient (Wildman–Crippen LogP) is 2.52. The molecular weight excluding hydrogens is 398 g/mol. The molecule has 0 aliphatic heterocycles. The molecular formula is C23H35N3O5. The summed E-state index contributed by atoms with van der Waals surface area (Å²) >= 11 is 0. The van der Waals surface area contributed by atoms with Crippen molar-refractivity contribution in [3.8, 4) is 0 Å². The minimum absolute atomic E-state index is 0.0215. The van der Waals surface area contributed by atoms with Crippen LogP contribution < -0.4 is 16.0 Å². The molecule has 172 valence electrons. The number of ketones is 1. The molecule has 3 amide bonds. The van der Waals surface area contributed by atoms with E-state index in [-0.39, 0.29) is 30.7 Å². The standard InChI is InChI=1S/C23H35N3O5/c1-6-24-21(29)19(27)17(13-16-10-8-7-9-11-16)25-20(28)18(26-22(30)31)12-15(2)14-23(3,4)5/h7-11,15,17-18,26H,6,12-14H2,1-5H3,(H,24,29)(H,25,28)(H,30,31)/t15-,17?,18?/m0/s1. The number of Topliss-reactive ketones (excluding diaryl/α,β-unsaturated/α-hetero) is 1. The lowest BCUT2D eigenvalue weighted by molar-refractivity contribution is -0.140. The molecule has 8 nitrogen and oxygen atoms in total. The number of carboxylic acid groups (broad SMARTS) is 1. The second-order valence-corrected chi connectivity index (χ2v) is 9.08. The molecule has 1 aromatic carbocycles. The van der Waals surface area contributed by atoms with Crippen LogP contribution in [0.2, 0.25) is 0 Å². The van der Waals surface area contributed by atoms with Crippen molar-refractivity contribution in [1.82, 2.24) is 16.0 Å². The number of rotatable bonds is 11. The van der Waals surface area contributed by atoms with Crippen LogP contribution in [0.1, 0.15) is 53.0 Å². The number of likely N-dealkylation sites (N-methyl/N-ethyl adjacent to an activating group) is 1. The molecule has 0 fully saturated rings. The Balaban J connectivity index is 3.02. The van der Waals surface area contributed by atoms with Gasteiger partial charge in [0, 0.05) is 13.0 Å². The van der Waals surface area contributed by atoms with E-state index in [1.807, 2.05) is 13.0 Å². The van der Waals surface area contributed by atoms with Crippen LogP contribution >= 0.6 is 0 Å². The minimum Gasteiger partial charge on any atom is -0.465 e. The summed E-state index contributed by atoms with van der Waals surface area (Å²) < 4.78 is 0. The van der Waals surface area contributed by atoms with Crippen molar-refractivity contribution < 1.29 is 24.3 Å². The van der Waals surface area contributed by atoms with Crippen molar-refractivity contribution in [2.75, 3.05) is 6.54 Å². The van der Waals surface area contributed by atoms with Gasteiger partial charge in [-0.05, 0) is 36.7 Å². The van der Waals surface area contributed by atoms with Gasteiger partial charge in [0.1, 0.15) is 12.1 Å². The first-order valence-electron chi connectivity index (χ1n) is 10.6. The average Bonchev–Trinajstić information content (AvgIpc) is 2.65. The topological polar surface area (TPSA) is 125 Å². The molecule has 0 aromatic heterocycles. The van der Waals surface area contributed by atoms with Crippen LogP contribution in [0.3, 0.4) is 0 Å². The molecule has 4 N–H and O–H groups in total. The Morgan fingerprint density at radius 2 is 1.61 bits per heavy atom. The van der Waals surface area contributed by atoms with Crippen LogP contribution in [0, 0.1) is 11.3 Å². The molecule has 8 heteroatoms. The van der Waals surface area contributed by atoms with Gasteiger partial charge in [-0.3, -0.25) is 14.4 Å². The van der Waals surface area contributed by atoms with E-state index in [9.17, 15) is 24.3 Å². The Morgan fingerprint density at radius 3 is 2.13 bits per heavy atom. The highest BCUT2D eigenvalue weighted by Gasteiger charge is 2.31. The molecule has 0 radical (unpaired) electrons. The summed E-state index contributed by atoms with van der Waals surface area (Å²) in [5, 5.41) is 16.5. The zero-order valence-corrected chi connectivity index (χ0v) is 19.0. The van der Waals surface area contributed by atoms with Crippen molar-refractivity contribution in [3.63, 3.8) is 0 Å². The van der Waals surface area contributed by atoms with Crippen LogP contribution in [0.4, 0.5) is 4.79 Å². The summed E-state index contributed by atoms with van der Waals surface area (Å²) in [6.45, 7) is 10.2. The normalized spacial score (nSPS) is 14.1. The van der Waals surface area contributed by atoms with Crippen LogP contribution in [0.25, 0.3) is 0 Å². The van der Waals surface area contributed by atoms with E-state index in [1.54, 1.807) is 31.2 Å². The maximum Gasteiger partial charge on any atom is 0.405 e. The first-order chi connectivity index (χ1) is 14.4. The van der Waals surface area contributed by atoms with Gasteiger partial charge in [-0.25, -0.2) is 4.79 Å². The SMILES string of the molecule is CCNC(=O)C(=O)C(Cc1ccccc1)NC(=O)C(C[C@H](C)CC(C)(C)C)NC(=O)O. The number of benzene rings is 1. The van der Waals surface area contributed by atoms with Gasteiger partial charge in [-0.15, -0.1) is 0 Å². The van der Waals surface area contributed by atoms with Gasteiger partial charge in [0.25, 0.3) is 5.91 Å². The Kier molecular flexibility index (Phi) is 10.2. The number of nitrogens with one attached hydrogen (secondary N) is 3. The first kappa shape index (κ1) is 26.1. The largest absolute Gasteiger partial charge is 0.465 e. The van der Waals surface area contributed by atoms with E-state index in [4.69, 9.17) is 0 Å². The summed E-state index contributed by atoms with van der Waals surface area (Å²) in [6, 6.07) is 6.88. The lowest BCUT2D eigenvalue weighted by atomic mass is 9.83. The Bertz CT molecular complexity index is 758. The van der Waals surface area contributed by atoms with Crippen molar-refractivity contribution in [3.05, 3.63) is 35.9 Å². The summed E-state index contributed by atoms with van der Waals surface area (Å²) in [6.07, 6.45) is -0.121. The highest BCUT2D eigenvalue weighted by Crippen LogP contribution is 2.26. The second kappa shape index (κ2) is 12.1. The fraction of sp³-hybridized carbons (Fsp3) is 0.565. The number of hydrogen-bond donors (Lipinski definition) is 4. The number of hydrogen-bond acceptors (Lipinski definition) is 4. The number of carbonyl (C=O) groups is 4. The molecule has 2 unspecified atom stereocenters. The molecule has 0 saturated carbocycles. The predicted molar refractivity (Wildman–Crippen MR) is 119 cm³/mol. The van der Waals surface area contributed by atoms with E-state index >= 15 is 0 Å². The van der Waals surface area contributed by atoms with Crippen LogP contribution in [0.5, 0.6) is 0 Å². The van der Waals surface area contributed by atoms with Gasteiger partial charge in [-0.1, -0.05) is 58.0 Å². The van der Waals surface area contributed by atoms with Gasteiger partial charge < -0.3 is 21.1 Å². The zero-order valence-electron chi connectivity index (χ0n) is 19.0. The summed E-state index contributed by atoms with van der Waals surface area (Å²) in [5.41, 5.74) is 0.794. The fourth-order valence-electron chi connectivity index (χ4n) is 3.65. The molecule has 1 aromatic rings. The molecule has 0 aliphatic carbocycles. The molecule has 0 bridgehead atoms. The summed E-state index contributed by atoms with van der Waals surface area (Å²) in [4.78, 5) is 49.0. The molecule has 31 heavy (non-hydrogen) atoms. The first-order valence-corrected chi connectivity index (χ1v) is 10.6. The molecule has 0 aliphatic rings. The van der Waals surface area contributed by atoms with Crippen molar-refractivity contribution in [2.24, 2.45) is 11.3 Å². The van der Waals surface area contributed by atoms with E-state index in [0.29, 0.717) is 0 Å². The van der Waals surface area contributed by atoms with E-state index in [2.05, 4.69) is 36.7 Å². The van der Waals surface area contributed by atoms with Crippen molar-refractivity contribution in [2.45, 2.75) is 66.0 Å². The maximum absolute atomic E-state index is 12.9. The molecule has 0 heterocycles. The van der Waals surface area contributed by atoms with Crippen LogP contribution in [0.15, 0.2) is 30.3 Å². The molecule has 0 saturated heterocycles. The van der Waals surface area contributed by atoms with E-state index < -0.39 is 35.8 Å². The number of amides is 3.